The zero-order valence-electron chi connectivity index (χ0n) is 11.8. The van der Waals surface area contributed by atoms with Crippen LogP contribution < -0.4 is 4.90 Å². The number of likely N-dealkylation sites (N-methyl/N-ethyl adjacent to an activating group) is 1. The van der Waals surface area contributed by atoms with Crippen LogP contribution in [0, 0.1) is 0 Å². The van der Waals surface area contributed by atoms with Gasteiger partial charge in [0.2, 0.25) is 0 Å². The van der Waals surface area contributed by atoms with Crippen LogP contribution in [0.5, 0.6) is 0 Å². The van der Waals surface area contributed by atoms with Crippen LogP contribution in [0.3, 0.4) is 0 Å². The molecule has 2 atom stereocenters. The molecule has 4 rings (SSSR count). The lowest BCUT2D eigenvalue weighted by Gasteiger charge is -2.41. The van der Waals surface area contributed by atoms with E-state index >= 15 is 0 Å². The van der Waals surface area contributed by atoms with E-state index in [9.17, 15) is 0 Å². The van der Waals surface area contributed by atoms with Crippen molar-refractivity contribution in [1.29, 1.82) is 0 Å². The van der Waals surface area contributed by atoms with E-state index < -0.39 is 0 Å². The molecule has 19 heavy (non-hydrogen) atoms. The summed E-state index contributed by atoms with van der Waals surface area (Å²) < 4.78 is 0. The first-order chi connectivity index (χ1) is 9.09. The molecule has 0 fully saturated rings. The van der Waals surface area contributed by atoms with Crippen molar-refractivity contribution in [2.45, 2.75) is 31.2 Å². The Bertz CT molecular complexity index is 675. The maximum Gasteiger partial charge on any atom is 0.0722 e. The Morgan fingerprint density at radius 1 is 0.895 bits per heavy atom. The molecule has 1 heteroatoms. The van der Waals surface area contributed by atoms with E-state index in [0.29, 0.717) is 0 Å². The molecule has 0 saturated carbocycles. The molecular weight excluding hydrogens is 230 g/mol. The number of para-hydroxylation sites is 1. The molecule has 1 heterocycles. The summed E-state index contributed by atoms with van der Waals surface area (Å²) in [7, 11) is 2.24. The molecule has 0 spiro atoms. The number of nitrogens with zero attached hydrogens (tertiary/aromatic N) is 1. The molecule has 0 unspecified atom stereocenters. The first-order valence-corrected chi connectivity index (χ1v) is 7.01. The van der Waals surface area contributed by atoms with Gasteiger partial charge >= 0.3 is 0 Å². The first kappa shape index (κ1) is 11.1. The Morgan fingerprint density at radius 3 is 2.32 bits per heavy atom. The average Bonchev–Trinajstić information content (AvgIpc) is 2.77. The van der Waals surface area contributed by atoms with Crippen LogP contribution in [0.4, 0.5) is 5.69 Å². The monoisotopic (exact) mass is 249 g/mol. The maximum atomic E-state index is 2.48. The quantitative estimate of drug-likeness (QED) is 0.685. The Hall–Kier alpha value is -1.76. The van der Waals surface area contributed by atoms with E-state index in [0.717, 1.165) is 6.42 Å². The van der Waals surface area contributed by atoms with Crippen LogP contribution in [0.1, 0.15) is 30.5 Å². The molecule has 2 aromatic carbocycles. The van der Waals surface area contributed by atoms with Crippen LogP contribution in [-0.2, 0) is 17.4 Å². The van der Waals surface area contributed by atoms with Crippen molar-refractivity contribution in [2.24, 2.45) is 0 Å². The van der Waals surface area contributed by atoms with E-state index in [-0.39, 0.29) is 11.0 Å². The predicted molar refractivity (Wildman–Crippen MR) is 79.7 cm³/mol. The van der Waals surface area contributed by atoms with Gasteiger partial charge in [-0.25, -0.2) is 0 Å². The molecule has 0 saturated heterocycles. The topological polar surface area (TPSA) is 3.24 Å². The van der Waals surface area contributed by atoms with Gasteiger partial charge in [0.1, 0.15) is 0 Å². The van der Waals surface area contributed by atoms with Crippen molar-refractivity contribution >= 4 is 5.69 Å². The highest BCUT2D eigenvalue weighted by molar-refractivity contribution is 5.71. The fraction of sp³-hybridized carbons (Fsp3) is 0.333. The molecule has 1 aliphatic carbocycles. The number of rotatable bonds is 0. The highest BCUT2D eigenvalue weighted by Crippen LogP contribution is 2.61. The summed E-state index contributed by atoms with van der Waals surface area (Å²) >= 11 is 0. The highest BCUT2D eigenvalue weighted by Gasteiger charge is 2.60. The number of benzene rings is 2. The Labute approximate surface area is 114 Å². The second-order valence-electron chi connectivity index (χ2n) is 6.31. The van der Waals surface area contributed by atoms with Gasteiger partial charge in [-0.3, -0.25) is 0 Å². The standard InChI is InChI=1S/C18H19N/c1-17-12-13-8-4-5-9-14(13)18(17,2)19(3)16-11-7-6-10-15(16)17/h4-11H,12H2,1-3H3/t17-,18-/m0/s1. The summed E-state index contributed by atoms with van der Waals surface area (Å²) in [5, 5.41) is 0. The molecule has 0 bridgehead atoms. The predicted octanol–water partition coefficient (Wildman–Crippen LogP) is 3.87. The maximum absolute atomic E-state index is 2.48. The van der Waals surface area contributed by atoms with E-state index in [2.05, 4.69) is 74.3 Å². The molecule has 2 aliphatic rings. The van der Waals surface area contributed by atoms with Crippen molar-refractivity contribution in [2.75, 3.05) is 11.9 Å². The van der Waals surface area contributed by atoms with Crippen molar-refractivity contribution in [3.05, 3.63) is 65.2 Å². The van der Waals surface area contributed by atoms with E-state index in [4.69, 9.17) is 0 Å². The Balaban J connectivity index is 2.05. The van der Waals surface area contributed by atoms with Gasteiger partial charge in [-0.1, -0.05) is 49.4 Å². The molecule has 0 N–H and O–H groups in total. The zero-order valence-corrected chi connectivity index (χ0v) is 11.8. The van der Waals surface area contributed by atoms with Gasteiger partial charge < -0.3 is 4.90 Å². The van der Waals surface area contributed by atoms with Crippen LogP contribution in [0.15, 0.2) is 48.5 Å². The SMILES string of the molecule is CN1c2ccccc2[C@]2(C)Cc3ccccc3[C@]12C. The summed E-state index contributed by atoms with van der Waals surface area (Å²) in [6.07, 6.45) is 1.14. The summed E-state index contributed by atoms with van der Waals surface area (Å²) in [5.74, 6) is 0. The smallest absolute Gasteiger partial charge is 0.0722 e. The Kier molecular flexibility index (Phi) is 1.88. The number of hydrogen-bond donors (Lipinski definition) is 0. The second-order valence-corrected chi connectivity index (χ2v) is 6.31. The van der Waals surface area contributed by atoms with E-state index in [1.54, 1.807) is 0 Å². The van der Waals surface area contributed by atoms with Crippen LogP contribution in [0.25, 0.3) is 0 Å². The van der Waals surface area contributed by atoms with Crippen molar-refractivity contribution in [3.8, 4) is 0 Å². The van der Waals surface area contributed by atoms with Crippen molar-refractivity contribution in [1.82, 2.24) is 0 Å². The average molecular weight is 249 g/mol. The van der Waals surface area contributed by atoms with Crippen LogP contribution in [0.2, 0.25) is 0 Å². The minimum atomic E-state index is 0.0767. The van der Waals surface area contributed by atoms with Gasteiger partial charge in [0.05, 0.1) is 5.54 Å². The first-order valence-electron chi connectivity index (χ1n) is 7.01. The summed E-state index contributed by atoms with van der Waals surface area (Å²) in [6.45, 7) is 4.83. The van der Waals surface area contributed by atoms with Gasteiger partial charge in [0.25, 0.3) is 0 Å². The van der Waals surface area contributed by atoms with Crippen LogP contribution >= 0.6 is 0 Å². The minimum absolute atomic E-state index is 0.0767. The zero-order chi connectivity index (χ0) is 13.3. The second kappa shape index (κ2) is 3.22. The largest absolute Gasteiger partial charge is 0.364 e. The summed E-state index contributed by atoms with van der Waals surface area (Å²) in [6, 6.07) is 17.8. The molecule has 96 valence electrons. The van der Waals surface area contributed by atoms with Crippen molar-refractivity contribution in [3.63, 3.8) is 0 Å². The molecule has 1 aliphatic heterocycles. The third-order valence-corrected chi connectivity index (χ3v) is 5.69. The highest BCUT2D eigenvalue weighted by atomic mass is 15.2. The van der Waals surface area contributed by atoms with Gasteiger partial charge in [-0.05, 0) is 36.1 Å². The molecule has 0 amide bonds. The van der Waals surface area contributed by atoms with Gasteiger partial charge in [-0.2, -0.15) is 0 Å². The van der Waals surface area contributed by atoms with Gasteiger partial charge in [0, 0.05) is 18.2 Å². The minimum Gasteiger partial charge on any atom is -0.364 e. The number of anilines is 1. The van der Waals surface area contributed by atoms with Crippen molar-refractivity contribution < 1.29 is 0 Å². The third kappa shape index (κ3) is 1.04. The normalized spacial score (nSPS) is 31.0. The molecule has 1 nitrogen and oxygen atoms in total. The number of fused-ring (bicyclic) bond motifs is 5. The Morgan fingerprint density at radius 2 is 1.53 bits per heavy atom. The number of hydrogen-bond acceptors (Lipinski definition) is 1. The molecule has 2 aromatic rings. The van der Waals surface area contributed by atoms with E-state index in [1.165, 1.54) is 22.4 Å². The molecular formula is C18H19N. The van der Waals surface area contributed by atoms with Gasteiger partial charge in [-0.15, -0.1) is 0 Å². The fourth-order valence-corrected chi connectivity index (χ4v) is 4.38. The fourth-order valence-electron chi connectivity index (χ4n) is 4.38. The third-order valence-electron chi connectivity index (χ3n) is 5.69. The summed E-state index contributed by atoms with van der Waals surface area (Å²) in [5.41, 5.74) is 6.15. The van der Waals surface area contributed by atoms with E-state index in [1.807, 2.05) is 0 Å². The lowest BCUT2D eigenvalue weighted by atomic mass is 9.70. The van der Waals surface area contributed by atoms with Crippen LogP contribution in [-0.4, -0.2) is 7.05 Å². The summed E-state index contributed by atoms with van der Waals surface area (Å²) in [4.78, 5) is 2.48. The molecule has 0 radical (unpaired) electrons. The molecule has 0 aromatic heterocycles. The van der Waals surface area contributed by atoms with Gasteiger partial charge in [0.15, 0.2) is 0 Å². The lowest BCUT2D eigenvalue weighted by molar-refractivity contribution is 0.305. The lowest BCUT2D eigenvalue weighted by Crippen LogP contribution is -2.47.